The van der Waals surface area contributed by atoms with Crippen LogP contribution in [0, 0.1) is 3.57 Å². The number of para-hydroxylation sites is 1. The summed E-state index contributed by atoms with van der Waals surface area (Å²) in [5.41, 5.74) is 4.37. The molecule has 1 atom stereocenters. The highest BCUT2D eigenvalue weighted by molar-refractivity contribution is 14.1. The first-order chi connectivity index (χ1) is 16.7. The Bertz CT molecular complexity index is 1220. The summed E-state index contributed by atoms with van der Waals surface area (Å²) in [4.78, 5) is 25.0. The Morgan fingerprint density at radius 3 is 2.83 bits per heavy atom. The molecule has 2 aromatic rings. The number of hydrogen-bond donors (Lipinski definition) is 4. The van der Waals surface area contributed by atoms with Crippen LogP contribution in [-0.2, 0) is 14.3 Å². The van der Waals surface area contributed by atoms with Gasteiger partial charge in [0.15, 0.2) is 11.7 Å². The zero-order valence-electron chi connectivity index (χ0n) is 18.7. The van der Waals surface area contributed by atoms with Crippen molar-refractivity contribution in [1.82, 2.24) is 16.1 Å². The van der Waals surface area contributed by atoms with Gasteiger partial charge >= 0.3 is 5.97 Å². The number of esters is 1. The Balaban J connectivity index is 1.73. The van der Waals surface area contributed by atoms with Crippen LogP contribution < -0.4 is 20.8 Å². The van der Waals surface area contributed by atoms with E-state index in [-0.39, 0.29) is 19.0 Å². The predicted octanol–water partition coefficient (Wildman–Crippen LogP) is 3.64. The molecule has 0 bridgehead atoms. The van der Waals surface area contributed by atoms with Crippen LogP contribution in [0.1, 0.15) is 31.0 Å². The molecule has 184 valence electrons. The highest BCUT2D eigenvalue weighted by Gasteiger charge is 2.32. The normalized spacial score (nSPS) is 15.4. The molecule has 1 heterocycles. The van der Waals surface area contributed by atoms with Crippen LogP contribution in [0.25, 0.3) is 0 Å². The topological polar surface area (TPSA) is 121 Å². The SMILES string of the molecule is CCOC(=O)C1=C(C)NC(=S)N[C@@H]1c1ccccc1OCC(=O)NN=Cc1cc(Br)cc(I)c1O. The lowest BCUT2D eigenvalue weighted by atomic mass is 9.95. The molecule has 0 aromatic heterocycles. The van der Waals surface area contributed by atoms with Crippen molar-refractivity contribution in [3.63, 3.8) is 0 Å². The van der Waals surface area contributed by atoms with Gasteiger partial charge in [0.25, 0.3) is 5.91 Å². The number of benzene rings is 2. The largest absolute Gasteiger partial charge is 0.506 e. The highest BCUT2D eigenvalue weighted by Crippen LogP contribution is 2.33. The zero-order valence-corrected chi connectivity index (χ0v) is 23.3. The van der Waals surface area contributed by atoms with E-state index >= 15 is 0 Å². The van der Waals surface area contributed by atoms with E-state index in [0.717, 1.165) is 4.47 Å². The van der Waals surface area contributed by atoms with Crippen molar-refractivity contribution in [3.8, 4) is 11.5 Å². The second kappa shape index (κ2) is 12.3. The molecule has 35 heavy (non-hydrogen) atoms. The molecule has 0 unspecified atom stereocenters. The van der Waals surface area contributed by atoms with Crippen LogP contribution in [0.2, 0.25) is 0 Å². The van der Waals surface area contributed by atoms with Crippen LogP contribution in [-0.4, -0.2) is 41.5 Å². The van der Waals surface area contributed by atoms with E-state index in [2.05, 4.69) is 37.1 Å². The van der Waals surface area contributed by atoms with Crippen molar-refractivity contribution in [2.24, 2.45) is 5.10 Å². The first kappa shape index (κ1) is 26.9. The summed E-state index contributed by atoms with van der Waals surface area (Å²) in [5, 5.41) is 20.4. The molecule has 1 amide bonds. The van der Waals surface area contributed by atoms with Gasteiger partial charge in [-0.3, -0.25) is 4.79 Å². The van der Waals surface area contributed by atoms with Crippen molar-refractivity contribution in [2.75, 3.05) is 13.2 Å². The number of amides is 1. The summed E-state index contributed by atoms with van der Waals surface area (Å²) in [6, 6.07) is 9.83. The van der Waals surface area contributed by atoms with Gasteiger partial charge in [0.2, 0.25) is 0 Å². The molecule has 0 radical (unpaired) electrons. The van der Waals surface area contributed by atoms with Gasteiger partial charge in [0.05, 0.1) is 28.0 Å². The van der Waals surface area contributed by atoms with E-state index in [1.165, 1.54) is 6.21 Å². The fraction of sp³-hybridized carbons (Fsp3) is 0.217. The Kier molecular flexibility index (Phi) is 9.46. The first-order valence-electron chi connectivity index (χ1n) is 10.4. The van der Waals surface area contributed by atoms with Gasteiger partial charge < -0.3 is 25.2 Å². The molecule has 0 fully saturated rings. The van der Waals surface area contributed by atoms with Crippen LogP contribution in [0.15, 0.2) is 57.2 Å². The number of rotatable bonds is 8. The average molecular weight is 673 g/mol. The number of carbonyl (C=O) groups excluding carboxylic acids is 2. The molecule has 4 N–H and O–H groups in total. The molecule has 9 nitrogen and oxygen atoms in total. The summed E-state index contributed by atoms with van der Waals surface area (Å²) in [6.07, 6.45) is 1.34. The fourth-order valence-electron chi connectivity index (χ4n) is 3.29. The molecule has 0 saturated carbocycles. The number of phenolic OH excluding ortho intramolecular Hbond substituents is 1. The standard InChI is InChI=1S/C23H22BrIN4O5S/c1-3-33-22(32)19-12(2)27-23(35)28-20(19)15-6-4-5-7-17(15)34-11-18(30)29-26-10-13-8-14(24)9-16(25)21(13)31/h4-10,20,31H,3,11H2,1-2H3,(H,29,30)(H2,27,28,35)/t20-/m1/s1. The number of hydrogen-bond acceptors (Lipinski definition) is 7. The van der Waals surface area contributed by atoms with Gasteiger partial charge in [-0.1, -0.05) is 34.1 Å². The van der Waals surface area contributed by atoms with Gasteiger partial charge in [-0.25, -0.2) is 10.2 Å². The predicted molar refractivity (Wildman–Crippen MR) is 147 cm³/mol. The molecule has 12 heteroatoms. The zero-order chi connectivity index (χ0) is 25.5. The Morgan fingerprint density at radius 2 is 2.09 bits per heavy atom. The van der Waals surface area contributed by atoms with Crippen molar-refractivity contribution in [2.45, 2.75) is 19.9 Å². The number of nitrogens with one attached hydrogen (secondary N) is 3. The third-order valence-corrected chi connectivity index (χ3v) is 6.30. The van der Waals surface area contributed by atoms with Gasteiger partial charge in [0, 0.05) is 21.3 Å². The minimum absolute atomic E-state index is 0.0603. The highest BCUT2D eigenvalue weighted by atomic mass is 127. The fourth-order valence-corrected chi connectivity index (χ4v) is 5.11. The number of ether oxygens (including phenoxy) is 2. The van der Waals surface area contributed by atoms with Crippen molar-refractivity contribution in [3.05, 3.63) is 66.8 Å². The first-order valence-corrected chi connectivity index (χ1v) is 12.7. The minimum Gasteiger partial charge on any atom is -0.506 e. The Morgan fingerprint density at radius 1 is 1.34 bits per heavy atom. The molecule has 1 aliphatic heterocycles. The van der Waals surface area contributed by atoms with E-state index in [0.29, 0.717) is 36.8 Å². The minimum atomic E-state index is -0.623. The molecule has 0 saturated heterocycles. The Labute approximate surface area is 229 Å². The Hall–Kier alpha value is -2.71. The molecule has 2 aromatic carbocycles. The molecule has 0 aliphatic carbocycles. The summed E-state index contributed by atoms with van der Waals surface area (Å²) in [7, 11) is 0. The number of carbonyl (C=O) groups is 2. The van der Waals surface area contributed by atoms with Gasteiger partial charge in [0.1, 0.15) is 11.5 Å². The van der Waals surface area contributed by atoms with Crippen molar-refractivity contribution < 1.29 is 24.2 Å². The van der Waals surface area contributed by atoms with Crippen molar-refractivity contribution >= 4 is 73.9 Å². The lowest BCUT2D eigenvalue weighted by molar-refractivity contribution is -0.139. The molecule has 0 spiro atoms. The third kappa shape index (κ3) is 6.92. The summed E-state index contributed by atoms with van der Waals surface area (Å²) >= 11 is 10.6. The number of thiocarbonyl (C=S) groups is 1. The number of nitrogens with zero attached hydrogens (tertiary/aromatic N) is 1. The maximum atomic E-state index is 12.6. The lowest BCUT2D eigenvalue weighted by Gasteiger charge is -2.30. The van der Waals surface area contributed by atoms with Crippen LogP contribution >= 0.6 is 50.7 Å². The third-order valence-electron chi connectivity index (χ3n) is 4.80. The van der Waals surface area contributed by atoms with Gasteiger partial charge in [-0.15, -0.1) is 0 Å². The number of hydrazone groups is 1. The lowest BCUT2D eigenvalue weighted by Crippen LogP contribution is -2.45. The summed E-state index contributed by atoms with van der Waals surface area (Å²) in [5.74, 6) is -0.538. The van der Waals surface area contributed by atoms with E-state index in [9.17, 15) is 14.7 Å². The van der Waals surface area contributed by atoms with Crippen LogP contribution in [0.5, 0.6) is 11.5 Å². The second-order valence-electron chi connectivity index (χ2n) is 7.24. The molecule has 3 rings (SSSR count). The number of phenols is 1. The van der Waals surface area contributed by atoms with E-state index in [1.54, 1.807) is 50.2 Å². The molecular weight excluding hydrogens is 651 g/mol. The number of aromatic hydroxyl groups is 1. The maximum absolute atomic E-state index is 12.6. The number of allylic oxidation sites excluding steroid dienone is 1. The molecular formula is C23H22BrIN4O5S. The van der Waals surface area contributed by atoms with Crippen molar-refractivity contribution in [1.29, 1.82) is 0 Å². The average Bonchev–Trinajstić information content (AvgIpc) is 2.80. The van der Waals surface area contributed by atoms with Gasteiger partial charge in [-0.05, 0) is 66.9 Å². The summed E-state index contributed by atoms with van der Waals surface area (Å²) in [6.45, 7) is 3.37. The maximum Gasteiger partial charge on any atom is 0.338 e. The smallest absolute Gasteiger partial charge is 0.338 e. The monoisotopic (exact) mass is 672 g/mol. The summed E-state index contributed by atoms with van der Waals surface area (Å²) < 4.78 is 12.4. The van der Waals surface area contributed by atoms with Crippen LogP contribution in [0.4, 0.5) is 0 Å². The number of halogens is 2. The van der Waals surface area contributed by atoms with E-state index < -0.39 is 17.9 Å². The van der Waals surface area contributed by atoms with Gasteiger partial charge in [-0.2, -0.15) is 5.10 Å². The second-order valence-corrected chi connectivity index (χ2v) is 9.72. The van der Waals surface area contributed by atoms with E-state index in [1.807, 2.05) is 22.6 Å². The van der Waals surface area contributed by atoms with E-state index in [4.69, 9.17) is 21.7 Å². The van der Waals surface area contributed by atoms with Crippen LogP contribution in [0.3, 0.4) is 0 Å². The molecule has 1 aliphatic rings. The quantitative estimate of drug-likeness (QED) is 0.110.